The van der Waals surface area contributed by atoms with Gasteiger partial charge in [0.2, 0.25) is 0 Å². The molecule has 0 saturated carbocycles. The number of hydrogen-bond donors (Lipinski definition) is 8. The lowest BCUT2D eigenvalue weighted by atomic mass is 10.2. The Morgan fingerprint density at radius 2 is 0.263 bits per heavy atom. The van der Waals surface area contributed by atoms with Gasteiger partial charge in [0.1, 0.15) is 0 Å². The van der Waals surface area contributed by atoms with Crippen LogP contribution in [-0.4, -0.2) is 162 Å². The van der Waals surface area contributed by atoms with Crippen molar-refractivity contribution in [3.63, 3.8) is 0 Å². The van der Waals surface area contributed by atoms with Gasteiger partial charge in [0.25, 0.3) is 0 Å². The van der Waals surface area contributed by atoms with Crippen molar-refractivity contribution in [3.05, 3.63) is 0 Å². The molecule has 6 saturated heterocycles. The van der Waals surface area contributed by atoms with Gasteiger partial charge in [-0.25, -0.2) is 0 Å². The minimum Gasteiger partial charge on any atom is -0.415 e. The molecule has 8 N–H and O–H groups in total. The molecule has 0 aromatic carbocycles. The molecule has 0 spiro atoms. The predicted molar refractivity (Wildman–Crippen MR) is 317 cm³/mol. The maximum absolute atomic E-state index is 9.92. The van der Waals surface area contributed by atoms with Crippen LogP contribution in [0, 0.1) is 0 Å². The molecule has 16 nitrogen and oxygen atoms in total. The van der Waals surface area contributed by atoms with Crippen molar-refractivity contribution in [2.75, 3.05) is 52.9 Å². The Morgan fingerprint density at radius 1 is 0.158 bits per heavy atom. The molecule has 0 aliphatic carbocycles. The third kappa shape index (κ3) is 21.9. The van der Waals surface area contributed by atoms with E-state index in [1.807, 2.05) is 0 Å². The van der Waals surface area contributed by atoms with Crippen molar-refractivity contribution in [1.29, 1.82) is 0 Å². The Morgan fingerprint density at radius 3 is 0.368 bits per heavy atom. The summed E-state index contributed by atoms with van der Waals surface area (Å²) < 4.78 is 68.7. The van der Waals surface area contributed by atoms with E-state index >= 15 is 0 Å². The van der Waals surface area contributed by atoms with Crippen LogP contribution in [0.5, 0.6) is 0 Å². The molecule has 0 radical (unpaired) electrons. The van der Waals surface area contributed by atoms with Crippen LogP contribution in [-0.2, 0) is 32.9 Å². The monoisotopic (exact) mass is 1220 g/mol. The van der Waals surface area contributed by atoms with Crippen molar-refractivity contribution in [2.24, 2.45) is 0 Å². The SMILES string of the molecule is OCCCCCC[Si]12C[Si]3(CCCCCCO)O[Si]4(CCCCCCO)C[Si]5(CCCCCCO)O[Si](CCCCCCO)(C[Si](CCCCCCO)(O1)O4)O[Si](CCCCCCO)(C[Si](CCCCCCO)(O3)O5)O2. The fourth-order valence-electron chi connectivity index (χ4n) is 13.5. The van der Waals surface area contributed by atoms with Gasteiger partial charge in [-0.2, -0.15) is 0 Å². The molecular weight excluding hydrogens is 1110 g/mol. The minimum atomic E-state index is -3.39. The van der Waals surface area contributed by atoms with Crippen molar-refractivity contribution in [1.82, 2.24) is 0 Å². The first-order chi connectivity index (χ1) is 37.0. The second-order valence-corrected chi connectivity index (χ2v) is 54.7. The predicted octanol–water partition coefficient (Wildman–Crippen LogP) is 10.3. The van der Waals surface area contributed by atoms with E-state index in [4.69, 9.17) is 32.9 Å². The van der Waals surface area contributed by atoms with E-state index in [1.54, 1.807) is 0 Å². The molecule has 0 aromatic heterocycles. The lowest BCUT2D eigenvalue weighted by molar-refractivity contribution is 0.161. The zero-order valence-electron chi connectivity index (χ0n) is 47.6. The molecule has 0 unspecified atom stereocenters. The topological polar surface area (TPSA) is 236 Å². The Hall–Kier alpha value is 1.10. The number of rotatable bonds is 48. The van der Waals surface area contributed by atoms with Gasteiger partial charge in [-0.1, -0.05) is 154 Å². The summed E-state index contributed by atoms with van der Waals surface area (Å²) >= 11 is 0. The van der Waals surface area contributed by atoms with E-state index in [1.165, 1.54) is 0 Å². The number of aliphatic hydroxyl groups is 8. The van der Waals surface area contributed by atoms with Crippen LogP contribution in [0.15, 0.2) is 0 Å². The molecule has 8 bridgehead atoms. The van der Waals surface area contributed by atoms with Gasteiger partial charge in [0, 0.05) is 75.5 Å². The summed E-state index contributed by atoms with van der Waals surface area (Å²) in [7, 11) is -27.1. The molecule has 6 fully saturated rings. The molecular formula is C52H112O16Si8. The van der Waals surface area contributed by atoms with Gasteiger partial charge in [-0.3, -0.25) is 0 Å². The number of aliphatic hydroxyl groups excluding tert-OH is 8. The van der Waals surface area contributed by atoms with Gasteiger partial charge < -0.3 is 73.8 Å². The zero-order valence-corrected chi connectivity index (χ0v) is 55.6. The highest BCUT2D eigenvalue weighted by Crippen LogP contribution is 2.59. The van der Waals surface area contributed by atoms with Gasteiger partial charge in [0.15, 0.2) is 0 Å². The summed E-state index contributed by atoms with van der Waals surface area (Å²) in [6, 6.07) is 6.26. The largest absolute Gasteiger partial charge is 0.415 e. The zero-order chi connectivity index (χ0) is 54.4. The Balaban J connectivity index is 1.85. The smallest absolute Gasteiger partial charge is 0.322 e. The Kier molecular flexibility index (Phi) is 32.2. The van der Waals surface area contributed by atoms with Gasteiger partial charge in [0.05, 0.1) is 0 Å². The normalized spacial score (nSPS) is 31.9. The van der Waals surface area contributed by atoms with Crippen molar-refractivity contribution >= 4 is 68.5 Å². The first kappa shape index (κ1) is 67.9. The van der Waals surface area contributed by atoms with Gasteiger partial charge in [-0.05, 0) is 99.7 Å². The molecule has 0 atom stereocenters. The average Bonchev–Trinajstić information content (AvgIpc) is 3.37. The summed E-state index contributed by atoms with van der Waals surface area (Å²) in [5.74, 6) is 0. The first-order valence-electron chi connectivity index (χ1n) is 31.5. The molecule has 6 heterocycles. The van der Waals surface area contributed by atoms with E-state index in [2.05, 4.69) is 0 Å². The van der Waals surface area contributed by atoms with Crippen molar-refractivity contribution < 1.29 is 73.8 Å². The van der Waals surface area contributed by atoms with Gasteiger partial charge >= 0.3 is 68.5 Å². The van der Waals surface area contributed by atoms with E-state index in [-0.39, 0.29) is 52.9 Å². The molecule has 0 aromatic rings. The maximum Gasteiger partial charge on any atom is 0.322 e. The van der Waals surface area contributed by atoms with Crippen molar-refractivity contribution in [3.8, 4) is 0 Å². The van der Waals surface area contributed by atoms with Crippen LogP contribution in [0.1, 0.15) is 205 Å². The first-order valence-corrected chi connectivity index (χ1v) is 49.3. The molecule has 0 amide bonds. The van der Waals surface area contributed by atoms with E-state index < -0.39 is 68.5 Å². The molecule has 6 rings (SSSR count). The standard InChI is InChI=1S/C52H112O16Si8/c53-33-17-1-9-25-41-69-49-70(42-26-10-2-18-34-54)62-73(45-29-13-5-21-37-57)50-71(61-69,43-27-11-3-19-35-55)67-74(46-30-14-6-22-38-58)51-72(65-69,44-28-12-4-20-36-56)63-75(66-70,47-31-15-7-23-39-59)52-76(64-74,68-73)48-32-16-8-24-40-60/h53-60H,1-52H2. The van der Waals surface area contributed by atoms with Crippen LogP contribution in [0.3, 0.4) is 0 Å². The van der Waals surface area contributed by atoms with E-state index in [0.29, 0.717) is 22.7 Å². The molecule has 6 aliphatic heterocycles. The molecule has 24 heteroatoms. The Bertz CT molecular complexity index is 1140. The second-order valence-electron chi connectivity index (χ2n) is 23.9. The van der Waals surface area contributed by atoms with Crippen LogP contribution in [0.25, 0.3) is 0 Å². The van der Waals surface area contributed by atoms with Crippen LogP contribution < -0.4 is 0 Å². The molecule has 6 aliphatic rings. The van der Waals surface area contributed by atoms with Crippen LogP contribution in [0.4, 0.5) is 0 Å². The third-order valence-electron chi connectivity index (χ3n) is 16.9. The van der Waals surface area contributed by atoms with E-state index in [0.717, 1.165) is 254 Å². The summed E-state index contributed by atoms with van der Waals surface area (Å²) in [4.78, 5) is 0. The quantitative estimate of drug-likeness (QED) is 0.0209. The molecule has 448 valence electrons. The lowest BCUT2D eigenvalue weighted by Crippen LogP contribution is -2.84. The van der Waals surface area contributed by atoms with Gasteiger partial charge in [-0.15, -0.1) is 0 Å². The highest BCUT2D eigenvalue weighted by molar-refractivity contribution is 7.13. The summed E-state index contributed by atoms with van der Waals surface area (Å²) in [6.45, 7) is 1.36. The lowest BCUT2D eigenvalue weighted by Gasteiger charge is -2.66. The third-order valence-corrected chi connectivity index (χ3v) is 66.8. The maximum atomic E-state index is 9.92. The number of hydrogen-bond acceptors (Lipinski definition) is 16. The number of unbranched alkanes of at least 4 members (excludes halogenated alkanes) is 24. The average molecular weight is 1220 g/mol. The summed E-state index contributed by atoms with van der Waals surface area (Å²) in [6.07, 6.45) is 28.3. The van der Waals surface area contributed by atoms with Crippen LogP contribution >= 0.6 is 0 Å². The summed E-state index contributed by atoms with van der Waals surface area (Å²) in [5, 5.41) is 79.4. The second kappa shape index (κ2) is 36.1. The summed E-state index contributed by atoms with van der Waals surface area (Å²) in [5.41, 5.74) is 2.66. The van der Waals surface area contributed by atoms with Crippen molar-refractivity contribution in [2.45, 2.75) is 276 Å². The fourth-order valence-corrected chi connectivity index (χ4v) is 86.2. The van der Waals surface area contributed by atoms with E-state index in [9.17, 15) is 40.9 Å². The Labute approximate surface area is 469 Å². The highest BCUT2D eigenvalue weighted by atomic mass is 28.6. The minimum absolute atomic E-state index is 0.170. The van der Waals surface area contributed by atoms with Crippen LogP contribution in [0.2, 0.25) is 71.0 Å². The highest BCUT2D eigenvalue weighted by Gasteiger charge is 2.78. The fraction of sp³-hybridized carbons (Fsp3) is 1.00. The molecule has 76 heavy (non-hydrogen) atoms.